The van der Waals surface area contributed by atoms with Crippen LogP contribution in [0.25, 0.3) is 0 Å². The molecule has 0 aromatic heterocycles. The second kappa shape index (κ2) is 8.95. The minimum absolute atomic E-state index is 0.0328. The number of para-hydroxylation sites is 1. The lowest BCUT2D eigenvalue weighted by Gasteiger charge is -2.39. The van der Waals surface area contributed by atoms with Gasteiger partial charge in [0.25, 0.3) is 5.91 Å². The summed E-state index contributed by atoms with van der Waals surface area (Å²) in [6, 6.07) is 5.96. The standard InChI is InChI=1S/C26H22F7N3O3/c27-17-9-13(25(28,29)30)7-8-15(17)20(12-5-6-12)24-11-14(24)10-19(21(34)37)36(24)22(38)16-3-1-2-4-18(16)35-23(39)26(31,32)33/h1-4,7-9,12,14,19-20H,5-6,10-11H2,(H2,34,37)(H,35,39)/t14?,19?,20-,24?/m1/s1. The fourth-order valence-corrected chi connectivity index (χ4v) is 6.11. The van der Waals surface area contributed by atoms with Crippen molar-refractivity contribution >= 4 is 23.4 Å². The van der Waals surface area contributed by atoms with Gasteiger partial charge >= 0.3 is 18.3 Å². The van der Waals surface area contributed by atoms with E-state index in [0.29, 0.717) is 25.3 Å². The number of nitrogens with two attached hydrogens (primary N) is 1. The predicted molar refractivity (Wildman–Crippen MR) is 123 cm³/mol. The second-order valence-corrected chi connectivity index (χ2v) is 10.3. The Morgan fingerprint density at radius 1 is 1.03 bits per heavy atom. The van der Waals surface area contributed by atoms with Gasteiger partial charge in [0, 0.05) is 5.92 Å². The number of carbonyl (C=O) groups excluding carboxylic acids is 3. The Balaban J connectivity index is 1.58. The summed E-state index contributed by atoms with van der Waals surface area (Å²) in [5, 5.41) is 1.67. The van der Waals surface area contributed by atoms with Gasteiger partial charge in [-0.1, -0.05) is 18.2 Å². The van der Waals surface area contributed by atoms with Gasteiger partial charge in [-0.25, -0.2) is 4.39 Å². The quantitative estimate of drug-likeness (QED) is 0.490. The van der Waals surface area contributed by atoms with E-state index in [9.17, 15) is 40.7 Å². The molecule has 3 unspecified atom stereocenters. The smallest absolute Gasteiger partial charge is 0.368 e. The first kappa shape index (κ1) is 26.9. The van der Waals surface area contributed by atoms with Gasteiger partial charge < -0.3 is 16.0 Å². The molecule has 2 saturated carbocycles. The fraction of sp³-hybridized carbons (Fsp3) is 0.423. The molecular weight excluding hydrogens is 535 g/mol. The van der Waals surface area contributed by atoms with E-state index in [1.165, 1.54) is 23.1 Å². The highest BCUT2D eigenvalue weighted by Crippen LogP contribution is 2.69. The molecule has 3 fully saturated rings. The Morgan fingerprint density at radius 2 is 1.69 bits per heavy atom. The highest BCUT2D eigenvalue weighted by Gasteiger charge is 2.73. The zero-order chi connectivity index (χ0) is 28.5. The molecule has 208 valence electrons. The van der Waals surface area contributed by atoms with Gasteiger partial charge in [0.2, 0.25) is 5.91 Å². The van der Waals surface area contributed by atoms with Crippen LogP contribution in [0.3, 0.4) is 0 Å². The number of hydrogen-bond acceptors (Lipinski definition) is 3. The fourth-order valence-electron chi connectivity index (χ4n) is 6.11. The number of primary amides is 1. The van der Waals surface area contributed by atoms with Crippen LogP contribution in [-0.2, 0) is 15.8 Å². The minimum Gasteiger partial charge on any atom is -0.368 e. The molecule has 39 heavy (non-hydrogen) atoms. The van der Waals surface area contributed by atoms with Gasteiger partial charge in [0.05, 0.1) is 22.4 Å². The Hall–Kier alpha value is -3.64. The highest BCUT2D eigenvalue weighted by molar-refractivity contribution is 6.06. The first-order chi connectivity index (χ1) is 18.2. The summed E-state index contributed by atoms with van der Waals surface area (Å²) in [7, 11) is 0. The van der Waals surface area contributed by atoms with E-state index < -0.39 is 64.6 Å². The first-order valence-corrected chi connectivity index (χ1v) is 12.1. The Labute approximate surface area is 217 Å². The van der Waals surface area contributed by atoms with Crippen LogP contribution in [0.5, 0.6) is 0 Å². The molecule has 0 bridgehead atoms. The number of piperidine rings is 1. The minimum atomic E-state index is -5.24. The van der Waals surface area contributed by atoms with Crippen molar-refractivity contribution in [1.29, 1.82) is 0 Å². The van der Waals surface area contributed by atoms with Crippen LogP contribution in [0.4, 0.5) is 36.4 Å². The lowest BCUT2D eigenvalue weighted by Crippen LogP contribution is -2.53. The van der Waals surface area contributed by atoms with Gasteiger partial charge in [-0.15, -0.1) is 0 Å². The third-order valence-electron chi connectivity index (χ3n) is 7.89. The van der Waals surface area contributed by atoms with Crippen molar-refractivity contribution in [2.45, 2.75) is 55.5 Å². The lowest BCUT2D eigenvalue weighted by molar-refractivity contribution is -0.167. The monoisotopic (exact) mass is 557 g/mol. The highest BCUT2D eigenvalue weighted by atomic mass is 19.4. The molecule has 0 spiro atoms. The number of nitrogens with one attached hydrogen (secondary N) is 1. The summed E-state index contributed by atoms with van der Waals surface area (Å²) in [5.41, 5.74) is 2.43. The average Bonchev–Trinajstić information content (AvgIpc) is 3.77. The number of rotatable bonds is 6. The summed E-state index contributed by atoms with van der Waals surface area (Å²) in [5.74, 6) is -6.47. The van der Waals surface area contributed by atoms with E-state index >= 15 is 4.39 Å². The normalized spacial score (nSPS) is 25.2. The molecule has 5 rings (SSSR count). The largest absolute Gasteiger partial charge is 0.471 e. The predicted octanol–water partition coefficient (Wildman–Crippen LogP) is 5.00. The Bertz CT molecular complexity index is 1360. The van der Waals surface area contributed by atoms with E-state index in [2.05, 4.69) is 0 Å². The summed E-state index contributed by atoms with van der Waals surface area (Å²) < 4.78 is 93.5. The van der Waals surface area contributed by atoms with Crippen LogP contribution in [-0.4, -0.2) is 40.4 Å². The lowest BCUT2D eigenvalue weighted by atomic mass is 9.82. The molecule has 3 aliphatic rings. The number of amides is 3. The molecule has 13 heteroatoms. The van der Waals surface area contributed by atoms with Crippen LogP contribution in [0.15, 0.2) is 42.5 Å². The summed E-state index contributed by atoms with van der Waals surface area (Å²) >= 11 is 0. The zero-order valence-electron chi connectivity index (χ0n) is 20.1. The number of likely N-dealkylation sites (tertiary alicyclic amines) is 1. The number of carbonyl (C=O) groups is 3. The number of fused-ring (bicyclic) bond motifs is 1. The zero-order valence-corrected chi connectivity index (χ0v) is 20.1. The average molecular weight is 557 g/mol. The van der Waals surface area contributed by atoms with E-state index in [1.54, 1.807) is 5.32 Å². The molecular formula is C26H22F7N3O3. The van der Waals surface area contributed by atoms with Crippen LogP contribution >= 0.6 is 0 Å². The third-order valence-corrected chi connectivity index (χ3v) is 7.89. The second-order valence-electron chi connectivity index (χ2n) is 10.3. The molecule has 3 N–H and O–H groups in total. The molecule has 3 amide bonds. The maximum atomic E-state index is 15.2. The maximum Gasteiger partial charge on any atom is 0.471 e. The SMILES string of the molecule is NC(=O)C1CC2CC2([C@@H](c2ccc(C(F)(F)F)cc2F)C2CC2)N1C(=O)c1ccccc1NC(=O)C(F)(F)F. The van der Waals surface area contributed by atoms with Gasteiger partial charge in [-0.05, 0) is 67.3 Å². The molecule has 2 aromatic rings. The Morgan fingerprint density at radius 3 is 2.26 bits per heavy atom. The topological polar surface area (TPSA) is 92.5 Å². The van der Waals surface area contributed by atoms with Crippen LogP contribution in [0.1, 0.15) is 53.1 Å². The van der Waals surface area contributed by atoms with Crippen molar-refractivity contribution in [2.75, 3.05) is 5.32 Å². The summed E-state index contributed by atoms with van der Waals surface area (Å²) in [4.78, 5) is 39.1. The number of hydrogen-bond donors (Lipinski definition) is 2. The van der Waals surface area contributed by atoms with Gasteiger partial charge in [0.15, 0.2) is 0 Å². The van der Waals surface area contributed by atoms with Crippen molar-refractivity contribution in [2.24, 2.45) is 17.6 Å². The van der Waals surface area contributed by atoms with E-state index in [-0.39, 0.29) is 29.4 Å². The van der Waals surface area contributed by atoms with E-state index in [1.807, 2.05) is 0 Å². The summed E-state index contributed by atoms with van der Waals surface area (Å²) in [6.07, 6.45) is -8.36. The Kier molecular flexibility index (Phi) is 6.18. The van der Waals surface area contributed by atoms with Crippen molar-refractivity contribution in [3.8, 4) is 0 Å². The number of halogens is 7. The van der Waals surface area contributed by atoms with Gasteiger partial charge in [-0.2, -0.15) is 26.3 Å². The van der Waals surface area contributed by atoms with Crippen molar-refractivity contribution in [3.63, 3.8) is 0 Å². The van der Waals surface area contributed by atoms with Gasteiger partial charge in [-0.3, -0.25) is 14.4 Å². The molecule has 1 aliphatic heterocycles. The third kappa shape index (κ3) is 4.61. The summed E-state index contributed by atoms with van der Waals surface area (Å²) in [6.45, 7) is 0. The molecule has 2 aliphatic carbocycles. The maximum absolute atomic E-state index is 15.2. The number of anilines is 1. The molecule has 4 atom stereocenters. The first-order valence-electron chi connectivity index (χ1n) is 12.1. The van der Waals surface area contributed by atoms with Crippen molar-refractivity contribution < 1.29 is 45.1 Å². The van der Waals surface area contributed by atoms with Crippen LogP contribution in [0, 0.1) is 17.7 Å². The molecule has 1 heterocycles. The van der Waals surface area contributed by atoms with Crippen molar-refractivity contribution in [3.05, 3.63) is 65.0 Å². The van der Waals surface area contributed by atoms with Gasteiger partial charge in [0.1, 0.15) is 11.9 Å². The van der Waals surface area contributed by atoms with Crippen LogP contribution in [0.2, 0.25) is 0 Å². The number of benzene rings is 2. The molecule has 2 aromatic carbocycles. The molecule has 6 nitrogen and oxygen atoms in total. The molecule has 1 saturated heterocycles. The number of alkyl halides is 6. The van der Waals surface area contributed by atoms with E-state index in [4.69, 9.17) is 5.73 Å². The van der Waals surface area contributed by atoms with Crippen molar-refractivity contribution in [1.82, 2.24) is 4.90 Å². The number of nitrogens with zero attached hydrogens (tertiary/aromatic N) is 1. The van der Waals surface area contributed by atoms with E-state index in [0.717, 1.165) is 18.2 Å². The molecule has 0 radical (unpaired) electrons. The van der Waals surface area contributed by atoms with Crippen LogP contribution < -0.4 is 11.1 Å².